The van der Waals surface area contributed by atoms with Crippen LogP contribution in [0.25, 0.3) is 49.7 Å². The van der Waals surface area contributed by atoms with Gasteiger partial charge in [0.2, 0.25) is 0 Å². The minimum absolute atomic E-state index is 0.00249. The van der Waals surface area contributed by atoms with Crippen molar-refractivity contribution >= 4 is 51.3 Å². The summed E-state index contributed by atoms with van der Waals surface area (Å²) in [6.07, 6.45) is 10.1. The number of aromatic nitrogens is 1. The summed E-state index contributed by atoms with van der Waals surface area (Å²) < 4.78 is 2.44. The topological polar surface area (TPSA) is 11.4 Å². The van der Waals surface area contributed by atoms with Gasteiger partial charge in [-0.15, -0.1) is 0 Å². The van der Waals surface area contributed by atoms with Gasteiger partial charge < -0.3 is 14.2 Å². The Hall–Kier alpha value is -5.74. The lowest BCUT2D eigenvalue weighted by Crippen LogP contribution is -2.64. The van der Waals surface area contributed by atoms with Gasteiger partial charge in [0.15, 0.2) is 0 Å². The number of fused-ring (bicyclic) bond motifs is 7. The van der Waals surface area contributed by atoms with E-state index < -0.39 is 0 Å². The van der Waals surface area contributed by atoms with Gasteiger partial charge in [-0.25, -0.2) is 0 Å². The molecule has 3 nitrogen and oxygen atoms in total. The monoisotopic (exact) mass is 601 g/mol. The molecule has 0 spiro atoms. The van der Waals surface area contributed by atoms with E-state index in [0.29, 0.717) is 5.92 Å². The van der Waals surface area contributed by atoms with Crippen molar-refractivity contribution in [2.45, 2.75) is 6.42 Å². The fourth-order valence-electron chi connectivity index (χ4n) is 8.31. The number of anilines is 3. The van der Waals surface area contributed by atoms with Crippen molar-refractivity contribution in [2.75, 3.05) is 16.2 Å². The molecule has 0 radical (unpaired) electrons. The smallest absolute Gasteiger partial charge is 0.391 e. The van der Waals surface area contributed by atoms with Crippen molar-refractivity contribution in [3.63, 3.8) is 0 Å². The van der Waals surface area contributed by atoms with Crippen molar-refractivity contribution in [1.29, 1.82) is 0 Å². The van der Waals surface area contributed by atoms with Gasteiger partial charge >= 0.3 is 6.98 Å². The van der Waals surface area contributed by atoms with Crippen molar-refractivity contribution in [3.8, 4) is 27.9 Å². The van der Waals surface area contributed by atoms with Crippen LogP contribution in [-0.2, 0) is 0 Å². The molecule has 0 saturated carbocycles. The van der Waals surface area contributed by atoms with Crippen LogP contribution in [0.5, 0.6) is 0 Å². The van der Waals surface area contributed by atoms with E-state index in [1.165, 1.54) is 72.3 Å². The van der Waals surface area contributed by atoms with Crippen molar-refractivity contribution in [2.24, 2.45) is 5.92 Å². The number of nitrogens with zero attached hydrogens (tertiary/aromatic N) is 3. The average Bonchev–Trinajstić information content (AvgIpc) is 3.46. The molecule has 1 atom stereocenters. The molecule has 10 rings (SSSR count). The molecule has 6 aromatic carbocycles. The predicted molar refractivity (Wildman–Crippen MR) is 199 cm³/mol. The zero-order valence-electron chi connectivity index (χ0n) is 26.0. The van der Waals surface area contributed by atoms with E-state index in [1.54, 1.807) is 0 Å². The van der Waals surface area contributed by atoms with E-state index in [2.05, 4.69) is 178 Å². The molecule has 222 valence electrons. The Bertz CT molecular complexity index is 2390. The lowest BCUT2D eigenvalue weighted by atomic mass is 9.53. The third-order valence-corrected chi connectivity index (χ3v) is 10.3. The second-order valence-electron chi connectivity index (χ2n) is 12.9. The molecule has 0 bridgehead atoms. The standard InChI is InChI=1S/C43H32BN3/c1-4-15-30(16-5-1)29-45-39-25-12-10-21-33(39)35-23-14-24-36-38-27-37-34-22-11-13-26-40(34)46(31-17-6-2-7-18-31)41(37)28-42(38)47(44(45)43(35)36)32-19-8-3-9-20-32/h1-15,17-28,30H,16,29H2. The second kappa shape index (κ2) is 10.4. The summed E-state index contributed by atoms with van der Waals surface area (Å²) in [5.41, 5.74) is 14.0. The Labute approximate surface area is 275 Å². The van der Waals surface area contributed by atoms with E-state index in [0.717, 1.165) is 13.0 Å². The van der Waals surface area contributed by atoms with Crippen LogP contribution in [0.1, 0.15) is 6.42 Å². The minimum Gasteiger partial charge on any atom is -0.391 e. The number of hydrogen-bond donors (Lipinski definition) is 0. The van der Waals surface area contributed by atoms with Crippen LogP contribution >= 0.6 is 0 Å². The molecular formula is C43H32BN3. The van der Waals surface area contributed by atoms with Gasteiger partial charge in [0.1, 0.15) is 0 Å². The van der Waals surface area contributed by atoms with E-state index in [4.69, 9.17) is 0 Å². The maximum atomic E-state index is 2.68. The van der Waals surface area contributed by atoms with E-state index in [9.17, 15) is 0 Å². The number of rotatable bonds is 4. The van der Waals surface area contributed by atoms with Crippen LogP contribution in [0.4, 0.5) is 17.1 Å². The largest absolute Gasteiger partial charge is 0.417 e. The van der Waals surface area contributed by atoms with Crippen LogP contribution in [0, 0.1) is 5.92 Å². The first kappa shape index (κ1) is 26.5. The summed E-state index contributed by atoms with van der Waals surface area (Å²) in [5, 5.41) is 2.55. The van der Waals surface area contributed by atoms with E-state index in [1.807, 2.05) is 0 Å². The molecule has 0 N–H and O–H groups in total. The number of benzene rings is 6. The summed E-state index contributed by atoms with van der Waals surface area (Å²) in [6, 6.07) is 51.5. The highest BCUT2D eigenvalue weighted by Gasteiger charge is 2.46. The molecule has 3 aliphatic rings. The minimum atomic E-state index is -0.00249. The number of allylic oxidation sites excluding steroid dienone is 3. The Balaban J connectivity index is 1.31. The Morgan fingerprint density at radius 2 is 1.26 bits per heavy atom. The summed E-state index contributed by atoms with van der Waals surface area (Å²) >= 11 is 0. The summed E-state index contributed by atoms with van der Waals surface area (Å²) in [6.45, 7) is 0.930. The molecule has 7 aromatic rings. The van der Waals surface area contributed by atoms with Crippen LogP contribution in [0.2, 0.25) is 0 Å². The molecule has 1 unspecified atom stereocenters. The van der Waals surface area contributed by atoms with Crippen molar-refractivity contribution in [1.82, 2.24) is 4.57 Å². The first-order valence-electron chi connectivity index (χ1n) is 16.6. The highest BCUT2D eigenvalue weighted by atomic mass is 15.2. The maximum Gasteiger partial charge on any atom is 0.417 e. The summed E-state index contributed by atoms with van der Waals surface area (Å²) in [5.74, 6) is 0.434. The predicted octanol–water partition coefficient (Wildman–Crippen LogP) is 9.92. The van der Waals surface area contributed by atoms with Gasteiger partial charge in [0.25, 0.3) is 0 Å². The molecule has 0 saturated heterocycles. The van der Waals surface area contributed by atoms with Crippen LogP contribution in [0.15, 0.2) is 164 Å². The van der Waals surface area contributed by atoms with Crippen molar-refractivity contribution in [3.05, 3.63) is 164 Å². The van der Waals surface area contributed by atoms with Crippen LogP contribution < -0.4 is 15.1 Å². The highest BCUT2D eigenvalue weighted by molar-refractivity contribution is 6.85. The lowest BCUT2D eigenvalue weighted by molar-refractivity contribution is 0.665. The van der Waals surface area contributed by atoms with Gasteiger partial charge in [-0.1, -0.05) is 115 Å². The fraction of sp³-hybridized carbons (Fsp3) is 0.0698. The van der Waals surface area contributed by atoms with Gasteiger partial charge in [-0.2, -0.15) is 0 Å². The summed E-state index contributed by atoms with van der Waals surface area (Å²) in [7, 11) is 0. The Kier molecular flexibility index (Phi) is 5.86. The van der Waals surface area contributed by atoms with Gasteiger partial charge in [0.05, 0.1) is 11.0 Å². The number of para-hydroxylation sites is 4. The molecule has 2 aliphatic heterocycles. The quantitative estimate of drug-likeness (QED) is 0.186. The Morgan fingerprint density at radius 3 is 2.06 bits per heavy atom. The normalized spacial score (nSPS) is 16.0. The maximum absolute atomic E-state index is 2.68. The van der Waals surface area contributed by atoms with E-state index in [-0.39, 0.29) is 6.98 Å². The average molecular weight is 602 g/mol. The first-order valence-corrected chi connectivity index (χ1v) is 16.6. The van der Waals surface area contributed by atoms with E-state index >= 15 is 0 Å². The summed E-state index contributed by atoms with van der Waals surface area (Å²) in [4.78, 5) is 5.30. The van der Waals surface area contributed by atoms with Gasteiger partial charge in [0, 0.05) is 51.2 Å². The zero-order chi connectivity index (χ0) is 30.9. The van der Waals surface area contributed by atoms with Gasteiger partial charge in [-0.3, -0.25) is 0 Å². The van der Waals surface area contributed by atoms with Crippen LogP contribution in [-0.4, -0.2) is 18.1 Å². The highest BCUT2D eigenvalue weighted by Crippen LogP contribution is 2.49. The fourth-order valence-corrected chi connectivity index (χ4v) is 8.31. The third-order valence-electron chi connectivity index (χ3n) is 10.3. The van der Waals surface area contributed by atoms with Gasteiger partial charge in [-0.05, 0) is 77.5 Å². The SMILES string of the molecule is C1=CCC(CN2B3c4c(cccc4-c4cc5c6ccccc6n(-c6ccccc6)c5cc4N3c3ccccc3)-c3ccccc32)C=C1. The lowest BCUT2D eigenvalue weighted by Gasteiger charge is -2.48. The van der Waals surface area contributed by atoms with Crippen molar-refractivity contribution < 1.29 is 0 Å². The molecule has 47 heavy (non-hydrogen) atoms. The molecular weight excluding hydrogens is 569 g/mol. The molecule has 1 aromatic heterocycles. The molecule has 3 heterocycles. The van der Waals surface area contributed by atoms with Crippen LogP contribution in [0.3, 0.4) is 0 Å². The second-order valence-corrected chi connectivity index (χ2v) is 12.9. The third kappa shape index (κ3) is 3.94. The molecule has 1 aliphatic carbocycles. The Morgan fingerprint density at radius 1 is 0.553 bits per heavy atom. The molecule has 0 fully saturated rings. The first-order chi connectivity index (χ1) is 23.3. The molecule has 0 amide bonds. The molecule has 4 heteroatoms. The zero-order valence-corrected chi connectivity index (χ0v) is 26.0. The number of hydrogen-bond acceptors (Lipinski definition) is 2.